The highest BCUT2D eigenvalue weighted by Crippen LogP contribution is 2.31. The summed E-state index contributed by atoms with van der Waals surface area (Å²) in [5.41, 5.74) is 0.980. The Hall–Kier alpha value is -3.55. The Kier molecular flexibility index (Phi) is 5.49. The molecule has 0 bridgehead atoms. The summed E-state index contributed by atoms with van der Waals surface area (Å²) in [7, 11) is 1.44. The number of anilines is 2. The van der Waals surface area contributed by atoms with Gasteiger partial charge in [-0.3, -0.25) is 9.59 Å². The number of phenolic OH excluding ortho intramolecular Hbond substituents is 1. The molecule has 0 radical (unpaired) electrons. The van der Waals surface area contributed by atoms with Crippen LogP contribution in [0.2, 0.25) is 0 Å². The molecule has 2 N–H and O–H groups in total. The lowest BCUT2D eigenvalue weighted by molar-refractivity contribution is -0.122. The lowest BCUT2D eigenvalue weighted by Crippen LogP contribution is -2.41. The van der Waals surface area contributed by atoms with E-state index in [-0.39, 0.29) is 23.6 Å². The van der Waals surface area contributed by atoms with Crippen LogP contribution in [-0.2, 0) is 14.3 Å². The molecule has 1 atom stereocenters. The van der Waals surface area contributed by atoms with Crippen LogP contribution in [0.3, 0.4) is 0 Å². The second-order valence-corrected chi connectivity index (χ2v) is 6.34. The van der Waals surface area contributed by atoms with E-state index in [1.807, 2.05) is 0 Å². The zero-order chi connectivity index (χ0) is 20.3. The van der Waals surface area contributed by atoms with Crippen molar-refractivity contribution in [2.45, 2.75) is 19.4 Å². The first-order valence-corrected chi connectivity index (χ1v) is 8.65. The minimum Gasteiger partial charge on any atom is -0.507 e. The highest BCUT2D eigenvalue weighted by Gasteiger charge is 2.30. The number of nitrogens with zero attached hydrogens (tertiary/aromatic N) is 1. The number of aromatic hydroxyl groups is 1. The summed E-state index contributed by atoms with van der Waals surface area (Å²) in [6.45, 7) is 1.22. The maximum atomic E-state index is 12.8. The Morgan fingerprint density at radius 2 is 2.00 bits per heavy atom. The van der Waals surface area contributed by atoms with Gasteiger partial charge in [-0.1, -0.05) is 12.1 Å². The molecular formula is C20H20N2O6. The standard InChI is InChI=1S/C20H20N2O6/c1-12-9-18(24)21-15-5-3-4-6-16(15)22(12)19(25)11-28-20(26)14-8-7-13(27-2)10-17(14)23/h3-8,10,12,23H,9,11H2,1-2H3,(H,21,24)/t12-/m0/s1. The maximum absolute atomic E-state index is 12.8. The van der Waals surface area contributed by atoms with Crippen LogP contribution >= 0.6 is 0 Å². The predicted molar refractivity (Wildman–Crippen MR) is 102 cm³/mol. The van der Waals surface area contributed by atoms with Gasteiger partial charge in [0.15, 0.2) is 6.61 Å². The summed E-state index contributed by atoms with van der Waals surface area (Å²) in [5, 5.41) is 12.7. The fraction of sp³-hybridized carbons (Fsp3) is 0.250. The smallest absolute Gasteiger partial charge is 0.342 e. The lowest BCUT2D eigenvalue weighted by Gasteiger charge is -2.27. The molecule has 1 aliphatic heterocycles. The van der Waals surface area contributed by atoms with Crippen molar-refractivity contribution in [3.05, 3.63) is 48.0 Å². The van der Waals surface area contributed by atoms with Crippen LogP contribution in [0.25, 0.3) is 0 Å². The number of carbonyl (C=O) groups excluding carboxylic acids is 3. The Morgan fingerprint density at radius 1 is 1.25 bits per heavy atom. The second kappa shape index (κ2) is 7.99. The first-order valence-electron chi connectivity index (χ1n) is 8.65. The molecule has 2 aromatic carbocycles. The third-order valence-corrected chi connectivity index (χ3v) is 4.38. The van der Waals surface area contributed by atoms with E-state index < -0.39 is 24.5 Å². The van der Waals surface area contributed by atoms with Crippen LogP contribution in [0.1, 0.15) is 23.7 Å². The van der Waals surface area contributed by atoms with Gasteiger partial charge >= 0.3 is 5.97 Å². The molecule has 1 aliphatic rings. The topological polar surface area (TPSA) is 105 Å². The molecule has 0 fully saturated rings. The minimum atomic E-state index is -0.835. The average molecular weight is 384 g/mol. The number of rotatable bonds is 4. The number of amides is 2. The fourth-order valence-corrected chi connectivity index (χ4v) is 3.05. The largest absolute Gasteiger partial charge is 0.507 e. The Balaban J connectivity index is 1.75. The van der Waals surface area contributed by atoms with Gasteiger partial charge in [0.2, 0.25) is 5.91 Å². The monoisotopic (exact) mass is 384 g/mol. The van der Waals surface area contributed by atoms with Gasteiger partial charge in [0.05, 0.1) is 18.5 Å². The number of ether oxygens (including phenoxy) is 2. The molecule has 8 heteroatoms. The number of phenols is 1. The molecule has 0 saturated heterocycles. The van der Waals surface area contributed by atoms with Crippen molar-refractivity contribution in [1.82, 2.24) is 0 Å². The molecule has 8 nitrogen and oxygen atoms in total. The van der Waals surface area contributed by atoms with E-state index >= 15 is 0 Å². The number of para-hydroxylation sites is 2. The number of carbonyl (C=O) groups is 3. The van der Waals surface area contributed by atoms with Gasteiger partial charge < -0.3 is 24.8 Å². The molecule has 0 saturated carbocycles. The fourth-order valence-electron chi connectivity index (χ4n) is 3.05. The number of methoxy groups -OCH3 is 1. The quantitative estimate of drug-likeness (QED) is 0.784. The van der Waals surface area contributed by atoms with E-state index in [9.17, 15) is 19.5 Å². The van der Waals surface area contributed by atoms with Gasteiger partial charge in [-0.15, -0.1) is 0 Å². The van der Waals surface area contributed by atoms with E-state index in [4.69, 9.17) is 9.47 Å². The number of benzene rings is 2. The van der Waals surface area contributed by atoms with Gasteiger partial charge in [-0.2, -0.15) is 0 Å². The second-order valence-electron chi connectivity index (χ2n) is 6.34. The Bertz CT molecular complexity index is 927. The molecule has 0 unspecified atom stereocenters. The third kappa shape index (κ3) is 3.90. The molecule has 0 aliphatic carbocycles. The number of nitrogens with one attached hydrogen (secondary N) is 1. The van der Waals surface area contributed by atoms with Crippen LogP contribution in [0.5, 0.6) is 11.5 Å². The summed E-state index contributed by atoms with van der Waals surface area (Å²) < 4.78 is 10.1. The predicted octanol–water partition coefficient (Wildman–Crippen LogP) is 2.32. The van der Waals surface area contributed by atoms with E-state index in [2.05, 4.69) is 5.32 Å². The van der Waals surface area contributed by atoms with Gasteiger partial charge in [-0.25, -0.2) is 4.79 Å². The molecule has 28 heavy (non-hydrogen) atoms. The summed E-state index contributed by atoms with van der Waals surface area (Å²) in [4.78, 5) is 38.4. The van der Waals surface area contributed by atoms with E-state index in [1.165, 1.54) is 30.2 Å². The Labute approximate surface area is 161 Å². The summed E-state index contributed by atoms with van der Waals surface area (Å²) in [6, 6.07) is 10.6. The van der Waals surface area contributed by atoms with Gasteiger partial charge in [0.1, 0.15) is 17.1 Å². The van der Waals surface area contributed by atoms with Crippen LogP contribution in [0.4, 0.5) is 11.4 Å². The number of hydrogen-bond donors (Lipinski definition) is 2. The van der Waals surface area contributed by atoms with Crippen LogP contribution in [0, 0.1) is 0 Å². The van der Waals surface area contributed by atoms with Crippen molar-refractivity contribution in [2.75, 3.05) is 23.9 Å². The number of hydrogen-bond acceptors (Lipinski definition) is 6. The summed E-state index contributed by atoms with van der Waals surface area (Å²) >= 11 is 0. The van der Waals surface area contributed by atoms with Gasteiger partial charge in [-0.05, 0) is 31.2 Å². The van der Waals surface area contributed by atoms with Crippen LogP contribution in [0.15, 0.2) is 42.5 Å². The molecule has 0 spiro atoms. The van der Waals surface area contributed by atoms with Crippen molar-refractivity contribution in [3.8, 4) is 11.5 Å². The first kappa shape index (κ1) is 19.2. The number of esters is 1. The first-order chi connectivity index (χ1) is 13.4. The van der Waals surface area contributed by atoms with Crippen LogP contribution < -0.4 is 15.0 Å². The van der Waals surface area contributed by atoms with E-state index in [1.54, 1.807) is 31.2 Å². The normalized spacial score (nSPS) is 15.9. The lowest BCUT2D eigenvalue weighted by atomic mass is 10.1. The molecule has 0 aromatic heterocycles. The maximum Gasteiger partial charge on any atom is 0.342 e. The summed E-state index contributed by atoms with van der Waals surface area (Å²) in [6.07, 6.45) is 0.119. The zero-order valence-electron chi connectivity index (χ0n) is 15.5. The van der Waals surface area contributed by atoms with E-state index in [0.717, 1.165) is 0 Å². The van der Waals surface area contributed by atoms with Crippen molar-refractivity contribution in [3.63, 3.8) is 0 Å². The van der Waals surface area contributed by atoms with Crippen molar-refractivity contribution in [1.29, 1.82) is 0 Å². The summed E-state index contributed by atoms with van der Waals surface area (Å²) in [5.74, 6) is -1.43. The van der Waals surface area contributed by atoms with Crippen molar-refractivity contribution >= 4 is 29.2 Å². The Morgan fingerprint density at radius 3 is 2.71 bits per heavy atom. The molecular weight excluding hydrogens is 364 g/mol. The number of fused-ring (bicyclic) bond motifs is 1. The SMILES string of the molecule is COc1ccc(C(=O)OCC(=O)N2c3ccccc3NC(=O)C[C@@H]2C)c(O)c1. The third-order valence-electron chi connectivity index (χ3n) is 4.38. The highest BCUT2D eigenvalue weighted by atomic mass is 16.5. The molecule has 1 heterocycles. The average Bonchev–Trinajstić information content (AvgIpc) is 2.79. The highest BCUT2D eigenvalue weighted by molar-refractivity contribution is 6.05. The van der Waals surface area contributed by atoms with Crippen molar-refractivity contribution < 1.29 is 29.0 Å². The zero-order valence-corrected chi connectivity index (χ0v) is 15.5. The molecule has 2 aromatic rings. The molecule has 2 amide bonds. The molecule has 146 valence electrons. The van der Waals surface area contributed by atoms with Gasteiger partial charge in [0.25, 0.3) is 5.91 Å². The van der Waals surface area contributed by atoms with Crippen molar-refractivity contribution in [2.24, 2.45) is 0 Å². The van der Waals surface area contributed by atoms with Crippen LogP contribution in [-0.4, -0.2) is 42.6 Å². The van der Waals surface area contributed by atoms with Gasteiger partial charge in [0, 0.05) is 18.5 Å². The van der Waals surface area contributed by atoms with E-state index in [0.29, 0.717) is 17.1 Å². The minimum absolute atomic E-state index is 0.0743. The molecule has 3 rings (SSSR count).